The van der Waals surface area contributed by atoms with Gasteiger partial charge < -0.3 is 19.9 Å². The molecular formula is C16H22N5O7P. The minimum atomic E-state index is -3.72. The van der Waals surface area contributed by atoms with Crippen molar-refractivity contribution in [1.82, 2.24) is 19.5 Å². The number of rotatable bonds is 4. The number of hydrogen-bond donors (Lipinski definition) is 1. The second kappa shape index (κ2) is 6.59. The van der Waals surface area contributed by atoms with Gasteiger partial charge in [-0.3, -0.25) is 18.1 Å². The van der Waals surface area contributed by atoms with E-state index < -0.39 is 31.9 Å². The number of hydrogen-bond acceptors (Lipinski definition) is 11. The number of fused-ring (bicyclic) bond motifs is 3. The van der Waals surface area contributed by atoms with Gasteiger partial charge in [-0.1, -0.05) is 0 Å². The molecule has 5 rings (SSSR count). The Balaban J connectivity index is 1.54. The Morgan fingerprint density at radius 3 is 2.86 bits per heavy atom. The second-order valence-electron chi connectivity index (χ2n) is 7.42. The van der Waals surface area contributed by atoms with Crippen LogP contribution in [0.15, 0.2) is 6.33 Å². The highest BCUT2D eigenvalue weighted by Gasteiger charge is 2.66. The van der Waals surface area contributed by atoms with Crippen LogP contribution < -0.4 is 10.5 Å². The number of imidazole rings is 1. The van der Waals surface area contributed by atoms with E-state index >= 15 is 0 Å². The standard InChI is InChI=1S/C16H22N5O7P/c1-8(2)27-29(22)25-6-9-11(28-29)16(4-5-24-16)14(26-9)21-7-18-10-12(21)19-15(17)20-13(10)23-3/h7-9,11,14H,4-6H2,1-3H3,(H2,17,19,20). The second-order valence-corrected chi connectivity index (χ2v) is 8.99. The average Bonchev–Trinajstić information content (AvgIpc) is 3.17. The molecule has 2 aromatic heterocycles. The lowest BCUT2D eigenvalue weighted by molar-refractivity contribution is -0.224. The molecule has 13 heteroatoms. The summed E-state index contributed by atoms with van der Waals surface area (Å²) in [7, 11) is -2.24. The molecule has 158 valence electrons. The molecule has 0 saturated carbocycles. The highest BCUT2D eigenvalue weighted by atomic mass is 31.2. The van der Waals surface area contributed by atoms with Crippen molar-refractivity contribution in [3.05, 3.63) is 6.33 Å². The monoisotopic (exact) mass is 427 g/mol. The summed E-state index contributed by atoms with van der Waals surface area (Å²) in [6.07, 6.45) is 0.133. The summed E-state index contributed by atoms with van der Waals surface area (Å²) in [5, 5.41) is 0. The van der Waals surface area contributed by atoms with E-state index in [-0.39, 0.29) is 24.5 Å². The van der Waals surface area contributed by atoms with E-state index in [1.807, 2.05) is 0 Å². The number of anilines is 1. The Labute approximate surface area is 166 Å². The molecule has 1 spiro atoms. The molecule has 5 unspecified atom stereocenters. The molecule has 0 radical (unpaired) electrons. The lowest BCUT2D eigenvalue weighted by Crippen LogP contribution is -2.58. The summed E-state index contributed by atoms with van der Waals surface area (Å²) in [6, 6.07) is 0. The zero-order valence-corrected chi connectivity index (χ0v) is 17.1. The van der Waals surface area contributed by atoms with Gasteiger partial charge in [-0.05, 0) is 13.8 Å². The summed E-state index contributed by atoms with van der Waals surface area (Å²) >= 11 is 0. The number of ether oxygens (including phenoxy) is 3. The van der Waals surface area contributed by atoms with Crippen LogP contribution in [0.4, 0.5) is 5.95 Å². The molecule has 0 bridgehead atoms. The van der Waals surface area contributed by atoms with Crippen molar-refractivity contribution in [2.45, 2.75) is 50.4 Å². The first-order valence-corrected chi connectivity index (χ1v) is 10.8. The number of phosphoric ester groups is 1. The third kappa shape index (κ3) is 2.86. The quantitative estimate of drug-likeness (QED) is 0.708. The summed E-state index contributed by atoms with van der Waals surface area (Å²) in [5.41, 5.74) is 5.84. The van der Waals surface area contributed by atoms with Gasteiger partial charge in [0.1, 0.15) is 17.8 Å². The van der Waals surface area contributed by atoms with Crippen LogP contribution in [0.25, 0.3) is 11.2 Å². The van der Waals surface area contributed by atoms with Crippen molar-refractivity contribution in [2.75, 3.05) is 26.1 Å². The number of phosphoric acid groups is 1. The van der Waals surface area contributed by atoms with Gasteiger partial charge in [0.2, 0.25) is 11.8 Å². The van der Waals surface area contributed by atoms with E-state index in [9.17, 15) is 4.57 Å². The zero-order valence-electron chi connectivity index (χ0n) is 16.2. The van der Waals surface area contributed by atoms with Crippen molar-refractivity contribution in [3.63, 3.8) is 0 Å². The van der Waals surface area contributed by atoms with Crippen LogP contribution in [0.5, 0.6) is 5.88 Å². The highest BCUT2D eigenvalue weighted by molar-refractivity contribution is 7.48. The largest absolute Gasteiger partial charge is 0.479 e. The van der Waals surface area contributed by atoms with Gasteiger partial charge in [-0.15, -0.1) is 0 Å². The Kier molecular flexibility index (Phi) is 4.36. The predicted octanol–water partition coefficient (Wildman–Crippen LogP) is 1.42. The van der Waals surface area contributed by atoms with E-state index in [0.717, 1.165) is 0 Å². The third-order valence-electron chi connectivity index (χ3n) is 5.24. The molecule has 12 nitrogen and oxygen atoms in total. The van der Waals surface area contributed by atoms with Crippen molar-refractivity contribution in [3.8, 4) is 5.88 Å². The molecule has 5 heterocycles. The van der Waals surface area contributed by atoms with Crippen LogP contribution in [0.3, 0.4) is 0 Å². The molecule has 3 aliphatic heterocycles. The molecular weight excluding hydrogens is 405 g/mol. The Bertz CT molecular complexity index is 993. The van der Waals surface area contributed by atoms with E-state index in [4.69, 9.17) is 33.5 Å². The maximum atomic E-state index is 12.9. The minimum absolute atomic E-state index is 0.0458. The first kappa shape index (κ1) is 19.2. The van der Waals surface area contributed by atoms with Crippen LogP contribution >= 0.6 is 7.82 Å². The fraction of sp³-hybridized carbons (Fsp3) is 0.688. The topological polar surface area (TPSA) is 142 Å². The molecule has 2 N–H and O–H groups in total. The van der Waals surface area contributed by atoms with Gasteiger partial charge in [-0.2, -0.15) is 9.97 Å². The summed E-state index contributed by atoms with van der Waals surface area (Å²) in [6.45, 7) is 4.10. The highest BCUT2D eigenvalue weighted by Crippen LogP contribution is 2.62. The molecule has 5 atom stereocenters. The Morgan fingerprint density at radius 1 is 1.41 bits per heavy atom. The van der Waals surface area contributed by atoms with Gasteiger partial charge in [0, 0.05) is 6.42 Å². The number of nitrogen functional groups attached to an aromatic ring is 1. The molecule has 3 saturated heterocycles. The van der Waals surface area contributed by atoms with Crippen LogP contribution in [0.1, 0.15) is 26.5 Å². The number of nitrogens with zero attached hydrogens (tertiary/aromatic N) is 4. The maximum absolute atomic E-state index is 12.9. The van der Waals surface area contributed by atoms with Gasteiger partial charge >= 0.3 is 7.82 Å². The van der Waals surface area contributed by atoms with Crippen LogP contribution in [-0.2, 0) is 27.6 Å². The Morgan fingerprint density at radius 2 is 2.21 bits per heavy atom. The molecule has 3 aliphatic rings. The lowest BCUT2D eigenvalue weighted by atomic mass is 9.86. The minimum Gasteiger partial charge on any atom is -0.479 e. The van der Waals surface area contributed by atoms with E-state index in [2.05, 4.69) is 15.0 Å². The van der Waals surface area contributed by atoms with Gasteiger partial charge in [0.25, 0.3) is 0 Å². The number of nitrogens with two attached hydrogens (primary N) is 1. The third-order valence-corrected chi connectivity index (χ3v) is 6.87. The first-order valence-electron chi connectivity index (χ1n) is 9.30. The zero-order chi connectivity index (χ0) is 20.4. The molecule has 0 aromatic carbocycles. The molecule has 29 heavy (non-hydrogen) atoms. The lowest BCUT2D eigenvalue weighted by Gasteiger charge is -2.46. The van der Waals surface area contributed by atoms with Crippen LogP contribution in [0, 0.1) is 0 Å². The average molecular weight is 427 g/mol. The van der Waals surface area contributed by atoms with Crippen LogP contribution in [-0.4, -0.2) is 63.8 Å². The Hall–Kier alpha value is -1.82. The summed E-state index contributed by atoms with van der Waals surface area (Å²) in [5.74, 6) is 0.309. The van der Waals surface area contributed by atoms with E-state index in [0.29, 0.717) is 24.2 Å². The van der Waals surface area contributed by atoms with Crippen molar-refractivity contribution in [2.24, 2.45) is 0 Å². The van der Waals surface area contributed by atoms with Crippen molar-refractivity contribution < 1.29 is 32.3 Å². The number of aromatic nitrogens is 4. The van der Waals surface area contributed by atoms with Gasteiger partial charge in [0.05, 0.1) is 32.8 Å². The summed E-state index contributed by atoms with van der Waals surface area (Å²) < 4.78 is 48.7. The van der Waals surface area contributed by atoms with Crippen molar-refractivity contribution in [1.29, 1.82) is 0 Å². The molecule has 2 aromatic rings. The van der Waals surface area contributed by atoms with Crippen molar-refractivity contribution >= 4 is 24.9 Å². The number of methoxy groups -OCH3 is 1. The smallest absolute Gasteiger partial charge is 0.475 e. The molecule has 0 aliphatic carbocycles. The molecule has 3 fully saturated rings. The predicted molar refractivity (Wildman–Crippen MR) is 98.1 cm³/mol. The van der Waals surface area contributed by atoms with Gasteiger partial charge in [0.15, 0.2) is 17.4 Å². The fourth-order valence-corrected chi connectivity index (χ4v) is 5.63. The molecule has 0 amide bonds. The van der Waals surface area contributed by atoms with E-state index in [1.165, 1.54) is 7.11 Å². The maximum Gasteiger partial charge on any atom is 0.475 e. The van der Waals surface area contributed by atoms with Gasteiger partial charge in [-0.25, -0.2) is 9.55 Å². The summed E-state index contributed by atoms with van der Waals surface area (Å²) in [4.78, 5) is 12.7. The fourth-order valence-electron chi connectivity index (χ4n) is 4.02. The normalized spacial score (nSPS) is 36.5. The SMILES string of the molecule is COc1nc(N)nc2c1ncn2C1OC2COP(=O)(OC(C)C)OC2C12CCO2. The van der Waals surface area contributed by atoms with E-state index in [1.54, 1.807) is 24.7 Å². The van der Waals surface area contributed by atoms with Crippen LogP contribution in [0.2, 0.25) is 0 Å². The first-order chi connectivity index (χ1) is 13.8.